The van der Waals surface area contributed by atoms with E-state index in [0.29, 0.717) is 11.4 Å². The minimum absolute atomic E-state index is 0.468. The average Bonchev–Trinajstić information content (AvgIpc) is 2.58. The van der Waals surface area contributed by atoms with E-state index in [0.717, 1.165) is 28.8 Å². The Hall–Kier alpha value is -2.17. The van der Waals surface area contributed by atoms with Crippen molar-refractivity contribution in [1.82, 2.24) is 10.1 Å². The van der Waals surface area contributed by atoms with Crippen molar-refractivity contribution in [3.05, 3.63) is 29.4 Å². The molecule has 0 saturated carbocycles. The van der Waals surface area contributed by atoms with Gasteiger partial charge in [0.1, 0.15) is 11.5 Å². The Morgan fingerprint density at radius 3 is 2.69 bits per heavy atom. The first-order valence-electron chi connectivity index (χ1n) is 4.82. The minimum Gasteiger partial charge on any atom is -0.397 e. The Kier molecular flexibility index (Phi) is 2.44. The molecule has 2 rings (SSSR count). The standard InChI is InChI=1S/C11H12N4O/c1-6-11(7(2)16-15-6)8-3-9(13)10(4-12)14-5-8/h3-5,12H,13H2,1-2H3. The van der Waals surface area contributed by atoms with Crippen molar-refractivity contribution < 1.29 is 4.52 Å². The van der Waals surface area contributed by atoms with Gasteiger partial charge in [0, 0.05) is 23.5 Å². The third-order valence-electron chi connectivity index (χ3n) is 2.41. The van der Waals surface area contributed by atoms with E-state index < -0.39 is 0 Å². The summed E-state index contributed by atoms with van der Waals surface area (Å²) in [7, 11) is 0. The van der Waals surface area contributed by atoms with Gasteiger partial charge >= 0.3 is 0 Å². The van der Waals surface area contributed by atoms with Gasteiger partial charge in [-0.3, -0.25) is 4.98 Å². The highest BCUT2D eigenvalue weighted by Gasteiger charge is 2.12. The van der Waals surface area contributed by atoms with Crippen molar-refractivity contribution in [2.45, 2.75) is 13.8 Å². The number of pyridine rings is 1. The van der Waals surface area contributed by atoms with Gasteiger partial charge in [0.25, 0.3) is 0 Å². The van der Waals surface area contributed by atoms with Gasteiger partial charge in [-0.25, -0.2) is 0 Å². The summed E-state index contributed by atoms with van der Waals surface area (Å²) < 4.78 is 5.08. The zero-order valence-corrected chi connectivity index (χ0v) is 9.11. The number of nitrogens with zero attached hydrogens (tertiary/aromatic N) is 2. The molecule has 3 N–H and O–H groups in total. The molecule has 0 unspecified atom stereocenters. The molecule has 0 fully saturated rings. The molecule has 0 atom stereocenters. The van der Waals surface area contributed by atoms with Gasteiger partial charge in [0.15, 0.2) is 0 Å². The molecule has 5 nitrogen and oxygen atoms in total. The molecule has 82 valence electrons. The lowest BCUT2D eigenvalue weighted by Crippen LogP contribution is -1.97. The molecule has 0 radical (unpaired) electrons. The molecule has 5 heteroatoms. The number of nitrogen functional groups attached to an aromatic ring is 1. The highest BCUT2D eigenvalue weighted by Crippen LogP contribution is 2.27. The maximum absolute atomic E-state index is 7.12. The van der Waals surface area contributed by atoms with E-state index in [1.165, 1.54) is 0 Å². The van der Waals surface area contributed by atoms with Gasteiger partial charge in [0.05, 0.1) is 11.4 Å². The molecular formula is C11H12N4O. The van der Waals surface area contributed by atoms with E-state index in [1.54, 1.807) is 12.3 Å². The lowest BCUT2D eigenvalue weighted by molar-refractivity contribution is 0.393. The first-order valence-corrected chi connectivity index (χ1v) is 4.82. The molecule has 16 heavy (non-hydrogen) atoms. The molecule has 2 aromatic rings. The molecule has 0 amide bonds. The Bertz CT molecular complexity index is 525. The van der Waals surface area contributed by atoms with Crippen molar-refractivity contribution in [3.63, 3.8) is 0 Å². The lowest BCUT2D eigenvalue weighted by Gasteiger charge is -2.03. The zero-order valence-electron chi connectivity index (χ0n) is 9.11. The Labute approximate surface area is 92.8 Å². The second-order valence-corrected chi connectivity index (χ2v) is 3.54. The summed E-state index contributed by atoms with van der Waals surface area (Å²) >= 11 is 0. The maximum Gasteiger partial charge on any atom is 0.141 e. The van der Waals surface area contributed by atoms with Crippen LogP contribution in [-0.4, -0.2) is 16.4 Å². The quantitative estimate of drug-likeness (QED) is 0.750. The topological polar surface area (TPSA) is 88.8 Å². The molecule has 2 aromatic heterocycles. The van der Waals surface area contributed by atoms with Crippen LogP contribution in [0, 0.1) is 19.3 Å². The molecule has 0 spiro atoms. The molecule has 0 aliphatic rings. The van der Waals surface area contributed by atoms with E-state index >= 15 is 0 Å². The van der Waals surface area contributed by atoms with Crippen LogP contribution in [-0.2, 0) is 0 Å². The summed E-state index contributed by atoms with van der Waals surface area (Å²) in [6.45, 7) is 3.71. The molecule has 0 aliphatic carbocycles. The van der Waals surface area contributed by atoms with Gasteiger partial charge in [-0.1, -0.05) is 5.16 Å². The molecule has 0 saturated heterocycles. The molecule has 0 bridgehead atoms. The minimum atomic E-state index is 0.468. The Morgan fingerprint density at radius 2 is 2.19 bits per heavy atom. The Balaban J connectivity index is 2.57. The van der Waals surface area contributed by atoms with Gasteiger partial charge in [-0.05, 0) is 19.9 Å². The van der Waals surface area contributed by atoms with Gasteiger partial charge in [-0.15, -0.1) is 0 Å². The van der Waals surface area contributed by atoms with E-state index in [-0.39, 0.29) is 0 Å². The smallest absolute Gasteiger partial charge is 0.141 e. The fraction of sp³-hybridized carbons (Fsp3) is 0.182. The van der Waals surface area contributed by atoms with E-state index in [2.05, 4.69) is 10.1 Å². The van der Waals surface area contributed by atoms with Crippen LogP contribution >= 0.6 is 0 Å². The van der Waals surface area contributed by atoms with Crippen molar-refractivity contribution in [1.29, 1.82) is 5.41 Å². The van der Waals surface area contributed by atoms with Crippen LogP contribution in [0.15, 0.2) is 16.8 Å². The highest BCUT2D eigenvalue weighted by molar-refractivity contribution is 5.84. The normalized spacial score (nSPS) is 10.4. The van der Waals surface area contributed by atoms with Crippen molar-refractivity contribution in [3.8, 4) is 11.1 Å². The largest absolute Gasteiger partial charge is 0.397 e. The van der Waals surface area contributed by atoms with Crippen LogP contribution in [0.4, 0.5) is 5.69 Å². The third kappa shape index (κ3) is 1.56. The van der Waals surface area contributed by atoms with Crippen LogP contribution in [0.5, 0.6) is 0 Å². The average molecular weight is 216 g/mol. The summed E-state index contributed by atoms with van der Waals surface area (Å²) in [6, 6.07) is 1.78. The van der Waals surface area contributed by atoms with Crippen molar-refractivity contribution in [2.24, 2.45) is 0 Å². The Morgan fingerprint density at radius 1 is 1.44 bits per heavy atom. The number of aryl methyl sites for hydroxylation is 2. The van der Waals surface area contributed by atoms with Crippen LogP contribution in [0.1, 0.15) is 17.1 Å². The highest BCUT2D eigenvalue weighted by atomic mass is 16.5. The number of nitrogens with two attached hydrogens (primary N) is 1. The third-order valence-corrected chi connectivity index (χ3v) is 2.41. The molecule has 2 heterocycles. The number of rotatable bonds is 2. The van der Waals surface area contributed by atoms with Gasteiger partial charge in [0.2, 0.25) is 0 Å². The first kappa shape index (κ1) is 10.4. The lowest BCUT2D eigenvalue weighted by atomic mass is 10.1. The van der Waals surface area contributed by atoms with Crippen LogP contribution < -0.4 is 5.73 Å². The summed E-state index contributed by atoms with van der Waals surface area (Å²) in [4.78, 5) is 4.10. The van der Waals surface area contributed by atoms with E-state index in [9.17, 15) is 0 Å². The van der Waals surface area contributed by atoms with Gasteiger partial charge < -0.3 is 15.7 Å². The van der Waals surface area contributed by atoms with E-state index in [1.807, 2.05) is 13.8 Å². The summed E-state index contributed by atoms with van der Waals surface area (Å²) in [6.07, 6.45) is 2.80. The van der Waals surface area contributed by atoms with Crippen molar-refractivity contribution in [2.75, 3.05) is 5.73 Å². The van der Waals surface area contributed by atoms with Crippen LogP contribution in [0.2, 0.25) is 0 Å². The number of anilines is 1. The fourth-order valence-electron chi connectivity index (χ4n) is 1.64. The van der Waals surface area contributed by atoms with Crippen LogP contribution in [0.3, 0.4) is 0 Å². The first-order chi connectivity index (χ1) is 7.63. The predicted octanol–water partition coefficient (Wildman–Crippen LogP) is 1.93. The maximum atomic E-state index is 7.12. The molecule has 0 aliphatic heterocycles. The second-order valence-electron chi connectivity index (χ2n) is 3.54. The SMILES string of the molecule is Cc1noc(C)c1-c1cnc(C=N)c(N)c1. The summed E-state index contributed by atoms with van der Waals surface area (Å²) in [5.41, 5.74) is 9.30. The number of hydrogen-bond donors (Lipinski definition) is 2. The van der Waals surface area contributed by atoms with Gasteiger partial charge in [-0.2, -0.15) is 0 Å². The molecule has 0 aromatic carbocycles. The molecular weight excluding hydrogens is 204 g/mol. The summed E-state index contributed by atoms with van der Waals surface area (Å²) in [5.74, 6) is 0.737. The number of aromatic nitrogens is 2. The number of nitrogens with one attached hydrogen (secondary N) is 1. The van der Waals surface area contributed by atoms with E-state index in [4.69, 9.17) is 15.7 Å². The zero-order chi connectivity index (χ0) is 11.7. The van der Waals surface area contributed by atoms with Crippen LogP contribution in [0.25, 0.3) is 11.1 Å². The predicted molar refractivity (Wildman–Crippen MR) is 61.5 cm³/mol. The second kappa shape index (κ2) is 3.77. The van der Waals surface area contributed by atoms with Crippen molar-refractivity contribution >= 4 is 11.9 Å². The number of hydrogen-bond acceptors (Lipinski definition) is 5. The summed E-state index contributed by atoms with van der Waals surface area (Å²) in [5, 5.41) is 11.0. The fourth-order valence-corrected chi connectivity index (χ4v) is 1.64. The monoisotopic (exact) mass is 216 g/mol.